The summed E-state index contributed by atoms with van der Waals surface area (Å²) in [6.45, 7) is 0. The first-order valence-electron chi connectivity index (χ1n) is 3.64. The van der Waals surface area contributed by atoms with Crippen LogP contribution in [0.4, 0.5) is 5.69 Å². The van der Waals surface area contributed by atoms with Gasteiger partial charge in [-0.1, -0.05) is 17.8 Å². The fraction of sp³-hybridized carbons (Fsp3) is 0. The van der Waals surface area contributed by atoms with Gasteiger partial charge in [-0.25, -0.2) is 4.98 Å². The van der Waals surface area contributed by atoms with Crippen LogP contribution < -0.4 is 5.73 Å². The molecule has 0 saturated heterocycles. The first-order valence-corrected chi connectivity index (χ1v) is 5.23. The van der Waals surface area contributed by atoms with Gasteiger partial charge >= 0.3 is 0 Å². The van der Waals surface area contributed by atoms with E-state index in [-0.39, 0.29) is 0 Å². The van der Waals surface area contributed by atoms with Gasteiger partial charge in [0.05, 0.1) is 0 Å². The Kier molecular flexibility index (Phi) is 2.47. The van der Waals surface area contributed by atoms with Crippen LogP contribution in [0, 0.1) is 0 Å². The van der Waals surface area contributed by atoms with E-state index in [9.17, 15) is 0 Å². The first-order chi connectivity index (χ1) is 6.34. The van der Waals surface area contributed by atoms with E-state index in [1.807, 2.05) is 24.3 Å². The molecule has 13 heavy (non-hydrogen) atoms. The van der Waals surface area contributed by atoms with Crippen LogP contribution in [0.1, 0.15) is 0 Å². The van der Waals surface area contributed by atoms with E-state index in [4.69, 9.17) is 5.73 Å². The lowest BCUT2D eigenvalue weighted by Crippen LogP contribution is -1.82. The minimum absolute atomic E-state index is 0.773. The molecule has 0 radical (unpaired) electrons. The van der Waals surface area contributed by atoms with Crippen molar-refractivity contribution in [1.82, 2.24) is 9.36 Å². The van der Waals surface area contributed by atoms with Crippen LogP contribution in [0.15, 0.2) is 39.8 Å². The highest BCUT2D eigenvalue weighted by Crippen LogP contribution is 2.28. The van der Waals surface area contributed by atoms with Crippen LogP contribution in [0.3, 0.4) is 0 Å². The lowest BCUT2D eigenvalue weighted by molar-refractivity contribution is 1.21. The molecule has 0 aliphatic heterocycles. The third kappa shape index (κ3) is 2.19. The minimum Gasteiger partial charge on any atom is -0.399 e. The van der Waals surface area contributed by atoms with Crippen molar-refractivity contribution in [1.29, 1.82) is 0 Å². The predicted molar refractivity (Wildman–Crippen MR) is 54.9 cm³/mol. The third-order valence-corrected chi connectivity index (χ3v) is 3.11. The SMILES string of the molecule is Nc1cccc(Sc2ncns2)c1. The van der Waals surface area contributed by atoms with Crippen LogP contribution in [0.2, 0.25) is 0 Å². The number of aromatic nitrogens is 2. The molecule has 0 bridgehead atoms. The number of benzene rings is 1. The summed E-state index contributed by atoms with van der Waals surface area (Å²) in [6.07, 6.45) is 1.55. The Labute approximate surface area is 84.2 Å². The smallest absolute Gasteiger partial charge is 0.174 e. The molecule has 0 spiro atoms. The maximum absolute atomic E-state index is 5.64. The van der Waals surface area contributed by atoms with E-state index in [0.717, 1.165) is 14.9 Å². The summed E-state index contributed by atoms with van der Waals surface area (Å²) < 4.78 is 4.85. The molecule has 0 aliphatic carbocycles. The summed E-state index contributed by atoms with van der Waals surface area (Å²) in [5.41, 5.74) is 6.41. The normalized spacial score (nSPS) is 10.2. The van der Waals surface area contributed by atoms with Crippen molar-refractivity contribution >= 4 is 29.0 Å². The average Bonchev–Trinajstić information content (AvgIpc) is 2.57. The summed E-state index contributed by atoms with van der Waals surface area (Å²) in [7, 11) is 0. The molecule has 0 unspecified atom stereocenters. The van der Waals surface area contributed by atoms with E-state index in [0.29, 0.717) is 0 Å². The van der Waals surface area contributed by atoms with Crippen molar-refractivity contribution in [2.45, 2.75) is 9.24 Å². The van der Waals surface area contributed by atoms with Crippen molar-refractivity contribution in [3.8, 4) is 0 Å². The van der Waals surface area contributed by atoms with Gasteiger partial charge in [0.25, 0.3) is 0 Å². The number of rotatable bonds is 2. The summed E-state index contributed by atoms with van der Waals surface area (Å²) in [4.78, 5) is 5.16. The second-order valence-corrected chi connectivity index (χ2v) is 4.48. The molecule has 0 saturated carbocycles. The number of hydrogen-bond acceptors (Lipinski definition) is 5. The molecule has 66 valence electrons. The number of nitrogens with zero attached hydrogens (tertiary/aromatic N) is 2. The van der Waals surface area contributed by atoms with Gasteiger partial charge in [-0.15, -0.1) is 0 Å². The van der Waals surface area contributed by atoms with E-state index in [2.05, 4.69) is 9.36 Å². The molecule has 0 atom stereocenters. The Morgan fingerprint density at radius 2 is 2.31 bits per heavy atom. The first kappa shape index (κ1) is 8.52. The van der Waals surface area contributed by atoms with Gasteiger partial charge in [-0.05, 0) is 29.7 Å². The number of nitrogens with two attached hydrogens (primary N) is 1. The molecule has 0 aliphatic rings. The Morgan fingerprint density at radius 1 is 1.38 bits per heavy atom. The van der Waals surface area contributed by atoms with E-state index in [1.165, 1.54) is 11.5 Å². The zero-order chi connectivity index (χ0) is 9.10. The van der Waals surface area contributed by atoms with Crippen LogP contribution >= 0.6 is 23.3 Å². The predicted octanol–water partition coefficient (Wildman–Crippen LogP) is 2.27. The molecule has 5 heteroatoms. The Hall–Kier alpha value is -1.07. The Balaban J connectivity index is 2.19. The molecule has 1 aromatic carbocycles. The second kappa shape index (κ2) is 3.76. The van der Waals surface area contributed by atoms with E-state index in [1.54, 1.807) is 18.1 Å². The Bertz CT molecular complexity index is 386. The van der Waals surface area contributed by atoms with Gasteiger partial charge in [0, 0.05) is 10.6 Å². The van der Waals surface area contributed by atoms with E-state index < -0.39 is 0 Å². The highest BCUT2D eigenvalue weighted by atomic mass is 32.2. The monoisotopic (exact) mass is 209 g/mol. The summed E-state index contributed by atoms with van der Waals surface area (Å²) in [5.74, 6) is 0. The molecule has 2 N–H and O–H groups in total. The fourth-order valence-corrected chi connectivity index (χ4v) is 2.38. The topological polar surface area (TPSA) is 51.8 Å². The second-order valence-electron chi connectivity index (χ2n) is 2.38. The summed E-state index contributed by atoms with van der Waals surface area (Å²) in [5, 5.41) is 0. The van der Waals surface area contributed by atoms with Gasteiger partial charge in [-0.2, -0.15) is 4.37 Å². The lowest BCUT2D eigenvalue weighted by Gasteiger charge is -1.97. The number of hydrogen-bond donors (Lipinski definition) is 1. The summed E-state index contributed by atoms with van der Waals surface area (Å²) in [6, 6.07) is 7.72. The average molecular weight is 209 g/mol. The minimum atomic E-state index is 0.773. The van der Waals surface area contributed by atoms with Crippen LogP contribution in [-0.4, -0.2) is 9.36 Å². The maximum atomic E-state index is 5.64. The highest BCUT2D eigenvalue weighted by Gasteiger charge is 1.99. The van der Waals surface area contributed by atoms with Crippen LogP contribution in [-0.2, 0) is 0 Å². The van der Waals surface area contributed by atoms with Crippen LogP contribution in [0.25, 0.3) is 0 Å². The lowest BCUT2D eigenvalue weighted by atomic mass is 10.3. The van der Waals surface area contributed by atoms with Crippen LogP contribution in [0.5, 0.6) is 0 Å². The summed E-state index contributed by atoms with van der Waals surface area (Å²) >= 11 is 2.96. The molecule has 1 heterocycles. The van der Waals surface area contributed by atoms with Gasteiger partial charge < -0.3 is 5.73 Å². The highest BCUT2D eigenvalue weighted by molar-refractivity contribution is 8.01. The van der Waals surface area contributed by atoms with Crippen molar-refractivity contribution in [2.75, 3.05) is 5.73 Å². The molecular formula is C8H7N3S2. The number of anilines is 1. The zero-order valence-electron chi connectivity index (χ0n) is 6.68. The fourth-order valence-electron chi connectivity index (χ4n) is 0.887. The molecule has 0 fully saturated rings. The standard InChI is InChI=1S/C8H7N3S2/c9-6-2-1-3-7(4-6)12-8-10-5-11-13-8/h1-5H,9H2. The number of nitrogen functional groups attached to an aromatic ring is 1. The van der Waals surface area contributed by atoms with Crippen molar-refractivity contribution in [2.24, 2.45) is 0 Å². The molecular weight excluding hydrogens is 202 g/mol. The van der Waals surface area contributed by atoms with Crippen molar-refractivity contribution in [3.05, 3.63) is 30.6 Å². The largest absolute Gasteiger partial charge is 0.399 e. The van der Waals surface area contributed by atoms with Crippen molar-refractivity contribution < 1.29 is 0 Å². The Morgan fingerprint density at radius 3 is 3.00 bits per heavy atom. The van der Waals surface area contributed by atoms with E-state index >= 15 is 0 Å². The molecule has 3 nitrogen and oxygen atoms in total. The zero-order valence-corrected chi connectivity index (χ0v) is 8.31. The molecule has 2 rings (SSSR count). The molecule has 1 aromatic heterocycles. The quantitative estimate of drug-likeness (QED) is 0.771. The molecule has 0 amide bonds. The van der Waals surface area contributed by atoms with Gasteiger partial charge in [0.2, 0.25) is 0 Å². The molecule has 2 aromatic rings. The van der Waals surface area contributed by atoms with Gasteiger partial charge in [-0.3, -0.25) is 0 Å². The maximum Gasteiger partial charge on any atom is 0.174 e. The van der Waals surface area contributed by atoms with Gasteiger partial charge in [0.1, 0.15) is 6.33 Å². The van der Waals surface area contributed by atoms with Gasteiger partial charge in [0.15, 0.2) is 4.34 Å². The third-order valence-electron chi connectivity index (χ3n) is 1.40. The van der Waals surface area contributed by atoms with Crippen molar-refractivity contribution in [3.63, 3.8) is 0 Å².